The number of hydrogen-bond donors (Lipinski definition) is 2. The third-order valence-electron chi connectivity index (χ3n) is 2.43. The van der Waals surface area contributed by atoms with Crippen LogP contribution in [0.25, 0.3) is 0 Å². The van der Waals surface area contributed by atoms with E-state index in [4.69, 9.17) is 11.6 Å². The van der Waals surface area contributed by atoms with Gasteiger partial charge < -0.3 is 10.6 Å². The van der Waals surface area contributed by atoms with E-state index < -0.39 is 0 Å². The van der Waals surface area contributed by atoms with Gasteiger partial charge in [-0.2, -0.15) is 0 Å². The van der Waals surface area contributed by atoms with Crippen molar-refractivity contribution in [3.8, 4) is 0 Å². The van der Waals surface area contributed by atoms with Crippen molar-refractivity contribution < 1.29 is 9.59 Å². The van der Waals surface area contributed by atoms with Gasteiger partial charge in [0, 0.05) is 24.5 Å². The monoisotopic (exact) mass is 289 g/mol. The molecule has 2 N–H and O–H groups in total. The molecule has 0 radical (unpaired) electrons. The number of halogens is 1. The van der Waals surface area contributed by atoms with Gasteiger partial charge in [0.15, 0.2) is 0 Å². The molecule has 1 aromatic heterocycles. The zero-order chi connectivity index (χ0) is 14.5. The summed E-state index contributed by atoms with van der Waals surface area (Å²) < 4.78 is 0. The zero-order valence-electron chi connectivity index (χ0n) is 10.7. The van der Waals surface area contributed by atoms with Crippen LogP contribution < -0.4 is 10.6 Å². The molecule has 0 aliphatic heterocycles. The maximum absolute atomic E-state index is 12.0. The van der Waals surface area contributed by atoms with Crippen molar-refractivity contribution >= 4 is 34.8 Å². The quantitative estimate of drug-likeness (QED) is 0.853. The Labute approximate surface area is 121 Å². The smallest absolute Gasteiger partial charge is 0.257 e. The summed E-state index contributed by atoms with van der Waals surface area (Å²) in [6.45, 7) is 1.42. The van der Waals surface area contributed by atoms with Crippen LogP contribution in [0, 0.1) is 0 Å². The number of carbonyl (C=O) groups excluding carboxylic acids is 2. The van der Waals surface area contributed by atoms with Crippen molar-refractivity contribution in [1.29, 1.82) is 0 Å². The molecule has 1 aromatic carbocycles. The number of nitrogens with one attached hydrogen (secondary N) is 2. The lowest BCUT2D eigenvalue weighted by Gasteiger charge is -2.07. The second kappa shape index (κ2) is 6.16. The van der Waals surface area contributed by atoms with Gasteiger partial charge in [0.25, 0.3) is 5.91 Å². The Morgan fingerprint density at radius 1 is 1.10 bits per heavy atom. The molecule has 2 rings (SSSR count). The molecule has 0 bridgehead atoms. The highest BCUT2D eigenvalue weighted by atomic mass is 35.5. The van der Waals surface area contributed by atoms with E-state index in [0.717, 1.165) is 0 Å². The SMILES string of the molecule is CC(=O)Nc1cccc(NC(=O)c2ccc(Cl)nc2)c1. The molecule has 0 saturated carbocycles. The van der Waals surface area contributed by atoms with Crippen molar-refractivity contribution in [3.63, 3.8) is 0 Å². The zero-order valence-corrected chi connectivity index (χ0v) is 11.4. The average molecular weight is 290 g/mol. The molecule has 0 atom stereocenters. The van der Waals surface area contributed by atoms with Gasteiger partial charge in [0.05, 0.1) is 5.56 Å². The van der Waals surface area contributed by atoms with Crippen LogP contribution in [0.3, 0.4) is 0 Å². The van der Waals surface area contributed by atoms with Crippen LogP contribution in [0.1, 0.15) is 17.3 Å². The maximum atomic E-state index is 12.0. The van der Waals surface area contributed by atoms with Gasteiger partial charge in [0.2, 0.25) is 5.91 Å². The van der Waals surface area contributed by atoms with Crippen LogP contribution in [0.4, 0.5) is 11.4 Å². The maximum Gasteiger partial charge on any atom is 0.257 e. The second-order valence-electron chi connectivity index (χ2n) is 4.09. The first-order valence-corrected chi connectivity index (χ1v) is 6.23. The van der Waals surface area contributed by atoms with E-state index in [0.29, 0.717) is 22.1 Å². The highest BCUT2D eigenvalue weighted by molar-refractivity contribution is 6.29. The van der Waals surface area contributed by atoms with Crippen LogP contribution in [0.2, 0.25) is 5.15 Å². The first-order valence-electron chi connectivity index (χ1n) is 5.85. The first kappa shape index (κ1) is 14.0. The molecule has 5 nitrogen and oxygen atoms in total. The fourth-order valence-electron chi connectivity index (χ4n) is 1.59. The van der Waals surface area contributed by atoms with Gasteiger partial charge in [-0.15, -0.1) is 0 Å². The minimum absolute atomic E-state index is 0.171. The summed E-state index contributed by atoms with van der Waals surface area (Å²) in [5.41, 5.74) is 1.60. The molecule has 20 heavy (non-hydrogen) atoms. The first-order chi connectivity index (χ1) is 9.54. The number of benzene rings is 1. The number of amides is 2. The molecule has 0 spiro atoms. The minimum Gasteiger partial charge on any atom is -0.326 e. The number of carbonyl (C=O) groups is 2. The summed E-state index contributed by atoms with van der Waals surface area (Å²) in [5, 5.41) is 5.69. The number of nitrogens with zero attached hydrogens (tertiary/aromatic N) is 1. The van der Waals surface area contributed by atoms with Crippen molar-refractivity contribution in [1.82, 2.24) is 4.98 Å². The molecule has 0 unspecified atom stereocenters. The van der Waals surface area contributed by atoms with Crippen molar-refractivity contribution in [2.24, 2.45) is 0 Å². The molecular weight excluding hydrogens is 278 g/mol. The predicted octanol–water partition coefficient (Wildman–Crippen LogP) is 2.95. The molecule has 0 aliphatic carbocycles. The Kier molecular flexibility index (Phi) is 4.32. The standard InChI is InChI=1S/C14H12ClN3O2/c1-9(19)17-11-3-2-4-12(7-11)18-14(20)10-5-6-13(15)16-8-10/h2-8H,1H3,(H,17,19)(H,18,20). The molecular formula is C14H12ClN3O2. The molecule has 2 aromatic rings. The number of pyridine rings is 1. The lowest BCUT2D eigenvalue weighted by Crippen LogP contribution is -2.12. The van der Waals surface area contributed by atoms with Crippen LogP contribution in [0.15, 0.2) is 42.6 Å². The molecule has 0 saturated heterocycles. The summed E-state index contributed by atoms with van der Waals surface area (Å²) in [4.78, 5) is 26.8. The lowest BCUT2D eigenvalue weighted by atomic mass is 10.2. The molecule has 6 heteroatoms. The number of hydrogen-bond acceptors (Lipinski definition) is 3. The predicted molar refractivity (Wildman–Crippen MR) is 77.9 cm³/mol. The number of rotatable bonds is 3. The van der Waals surface area contributed by atoms with Crippen LogP contribution in [-0.2, 0) is 4.79 Å². The Bertz CT molecular complexity index is 641. The van der Waals surface area contributed by atoms with Crippen molar-refractivity contribution in [2.45, 2.75) is 6.92 Å². The summed E-state index contributed by atoms with van der Waals surface area (Å²) in [6, 6.07) is 10.0. The summed E-state index contributed by atoms with van der Waals surface area (Å²) in [5.74, 6) is -0.468. The Balaban J connectivity index is 2.11. The van der Waals surface area contributed by atoms with E-state index in [1.165, 1.54) is 13.1 Å². The molecule has 2 amide bonds. The molecule has 102 valence electrons. The largest absolute Gasteiger partial charge is 0.326 e. The van der Waals surface area contributed by atoms with Gasteiger partial charge >= 0.3 is 0 Å². The van der Waals surface area contributed by atoms with E-state index in [1.54, 1.807) is 36.4 Å². The summed E-state index contributed by atoms with van der Waals surface area (Å²) >= 11 is 5.66. The van der Waals surface area contributed by atoms with E-state index >= 15 is 0 Å². The van der Waals surface area contributed by atoms with Crippen LogP contribution in [-0.4, -0.2) is 16.8 Å². The van der Waals surface area contributed by atoms with Crippen molar-refractivity contribution in [2.75, 3.05) is 10.6 Å². The van der Waals surface area contributed by atoms with Crippen LogP contribution >= 0.6 is 11.6 Å². The summed E-state index contributed by atoms with van der Waals surface area (Å²) in [6.07, 6.45) is 1.40. The highest BCUT2D eigenvalue weighted by Crippen LogP contribution is 2.16. The Morgan fingerprint density at radius 3 is 2.40 bits per heavy atom. The van der Waals surface area contributed by atoms with Gasteiger partial charge in [-0.05, 0) is 30.3 Å². The van der Waals surface area contributed by atoms with Gasteiger partial charge in [-0.3, -0.25) is 9.59 Å². The highest BCUT2D eigenvalue weighted by Gasteiger charge is 2.07. The van der Waals surface area contributed by atoms with E-state index in [1.807, 2.05) is 0 Å². The normalized spacial score (nSPS) is 9.90. The van der Waals surface area contributed by atoms with Gasteiger partial charge in [0.1, 0.15) is 5.15 Å². The summed E-state index contributed by atoms with van der Waals surface area (Å²) in [7, 11) is 0. The molecule has 0 fully saturated rings. The van der Waals surface area contributed by atoms with Gasteiger partial charge in [-0.1, -0.05) is 17.7 Å². The third kappa shape index (κ3) is 3.80. The lowest BCUT2D eigenvalue weighted by molar-refractivity contribution is -0.114. The Morgan fingerprint density at radius 2 is 1.80 bits per heavy atom. The minimum atomic E-state index is -0.297. The topological polar surface area (TPSA) is 71.1 Å². The molecule has 1 heterocycles. The Hall–Kier alpha value is -2.40. The number of aromatic nitrogens is 1. The fraction of sp³-hybridized carbons (Fsp3) is 0.0714. The van der Waals surface area contributed by atoms with Crippen molar-refractivity contribution in [3.05, 3.63) is 53.3 Å². The van der Waals surface area contributed by atoms with E-state index in [-0.39, 0.29) is 11.8 Å². The number of anilines is 2. The molecule has 0 aliphatic rings. The average Bonchev–Trinajstić information content (AvgIpc) is 2.39. The van der Waals surface area contributed by atoms with E-state index in [2.05, 4.69) is 15.6 Å². The second-order valence-corrected chi connectivity index (χ2v) is 4.47. The van der Waals surface area contributed by atoms with Crippen LogP contribution in [0.5, 0.6) is 0 Å². The third-order valence-corrected chi connectivity index (χ3v) is 2.65. The van der Waals surface area contributed by atoms with E-state index in [9.17, 15) is 9.59 Å². The fourth-order valence-corrected chi connectivity index (χ4v) is 1.70. The van der Waals surface area contributed by atoms with Gasteiger partial charge in [-0.25, -0.2) is 4.98 Å².